The number of likely N-dealkylation sites (tertiary alicyclic amines) is 1. The first-order valence-electron chi connectivity index (χ1n) is 15.5. The van der Waals surface area contributed by atoms with Gasteiger partial charge in [0.15, 0.2) is 11.5 Å². The Bertz CT molecular complexity index is 1590. The first-order chi connectivity index (χ1) is 22.4. The fourth-order valence-corrected chi connectivity index (χ4v) is 6.49. The summed E-state index contributed by atoms with van der Waals surface area (Å²) in [6, 6.07) is 24.8. The minimum atomic E-state index is -1.32. The number of esters is 1. The van der Waals surface area contributed by atoms with Crippen molar-refractivity contribution in [1.82, 2.24) is 10.2 Å². The average molecular weight is 627 g/mol. The van der Waals surface area contributed by atoms with Crippen molar-refractivity contribution in [2.24, 2.45) is 11.3 Å². The summed E-state index contributed by atoms with van der Waals surface area (Å²) in [7, 11) is 1.33. The Morgan fingerprint density at radius 3 is 2.41 bits per heavy atom. The molecule has 4 atom stereocenters. The van der Waals surface area contributed by atoms with Gasteiger partial charge < -0.3 is 33.9 Å². The van der Waals surface area contributed by atoms with Gasteiger partial charge in [-0.3, -0.25) is 14.4 Å². The molecular weight excluding hydrogens is 588 g/mol. The molecule has 1 fully saturated rings. The van der Waals surface area contributed by atoms with Crippen LogP contribution in [0.2, 0.25) is 0 Å². The molecule has 0 aliphatic carbocycles. The van der Waals surface area contributed by atoms with E-state index in [0.29, 0.717) is 30.3 Å². The molecule has 0 aromatic heterocycles. The van der Waals surface area contributed by atoms with Gasteiger partial charge in [0.25, 0.3) is 0 Å². The molecule has 46 heavy (non-hydrogen) atoms. The van der Waals surface area contributed by atoms with Crippen molar-refractivity contribution in [2.75, 3.05) is 20.5 Å². The third-order valence-corrected chi connectivity index (χ3v) is 8.83. The monoisotopic (exact) mass is 626 g/mol. The number of hydrogen-bond donors (Lipinski definition) is 1. The molecule has 6 rings (SSSR count). The van der Waals surface area contributed by atoms with Crippen molar-refractivity contribution in [3.8, 4) is 11.5 Å². The molecule has 1 N–H and O–H groups in total. The van der Waals surface area contributed by atoms with Gasteiger partial charge in [0.1, 0.15) is 11.5 Å². The van der Waals surface area contributed by atoms with Crippen LogP contribution in [0.15, 0.2) is 90.6 Å². The van der Waals surface area contributed by atoms with Gasteiger partial charge in [0.2, 0.25) is 18.6 Å². The third kappa shape index (κ3) is 6.49. The Morgan fingerprint density at radius 1 is 0.957 bits per heavy atom. The van der Waals surface area contributed by atoms with E-state index in [4.69, 9.17) is 23.7 Å². The maximum atomic E-state index is 14.3. The van der Waals surface area contributed by atoms with Crippen molar-refractivity contribution in [3.05, 3.63) is 107 Å². The van der Waals surface area contributed by atoms with Gasteiger partial charge in [0.05, 0.1) is 33.0 Å². The van der Waals surface area contributed by atoms with Gasteiger partial charge in [-0.2, -0.15) is 0 Å². The van der Waals surface area contributed by atoms with Gasteiger partial charge in [-0.15, -0.1) is 0 Å². The highest BCUT2D eigenvalue weighted by molar-refractivity contribution is 5.92. The van der Waals surface area contributed by atoms with Crippen LogP contribution in [-0.4, -0.2) is 55.4 Å². The fraction of sp³-hybridized carbons (Fsp3) is 0.361. The van der Waals surface area contributed by atoms with E-state index in [1.807, 2.05) is 79.7 Å². The number of benzene rings is 3. The molecular formula is C36H38N2O8. The van der Waals surface area contributed by atoms with E-state index < -0.39 is 29.5 Å². The van der Waals surface area contributed by atoms with Crippen molar-refractivity contribution in [1.29, 1.82) is 0 Å². The van der Waals surface area contributed by atoms with Crippen LogP contribution in [0.4, 0.5) is 0 Å². The van der Waals surface area contributed by atoms with Crippen LogP contribution in [-0.2, 0) is 48.3 Å². The second-order valence-electron chi connectivity index (χ2n) is 11.8. The Balaban J connectivity index is 1.30. The number of nitrogens with one attached hydrogen (secondary N) is 1. The molecule has 3 aliphatic heterocycles. The van der Waals surface area contributed by atoms with Crippen LogP contribution in [0, 0.1) is 11.3 Å². The zero-order valence-electron chi connectivity index (χ0n) is 26.0. The minimum absolute atomic E-state index is 0.0689. The number of rotatable bonds is 11. The van der Waals surface area contributed by atoms with E-state index in [1.54, 1.807) is 17.0 Å². The van der Waals surface area contributed by atoms with Crippen LogP contribution in [0.5, 0.6) is 11.5 Å². The predicted molar refractivity (Wildman–Crippen MR) is 167 cm³/mol. The largest absolute Gasteiger partial charge is 0.468 e. The number of methoxy groups -OCH3 is 1. The summed E-state index contributed by atoms with van der Waals surface area (Å²) in [6.07, 6.45) is 0.584. The van der Waals surface area contributed by atoms with Gasteiger partial charge >= 0.3 is 5.97 Å². The van der Waals surface area contributed by atoms with E-state index in [9.17, 15) is 14.4 Å². The highest BCUT2D eigenvalue weighted by Crippen LogP contribution is 2.51. The minimum Gasteiger partial charge on any atom is -0.468 e. The number of nitrogens with zero attached hydrogens (tertiary/aromatic N) is 1. The number of carbonyl (C=O) groups is 3. The predicted octanol–water partition coefficient (Wildman–Crippen LogP) is 4.52. The Labute approximate surface area is 268 Å². The second kappa shape index (κ2) is 13.8. The molecule has 3 aromatic rings. The first kappa shape index (κ1) is 31.3. The van der Waals surface area contributed by atoms with Crippen LogP contribution in [0.3, 0.4) is 0 Å². The first-order valence-corrected chi connectivity index (χ1v) is 15.5. The number of fused-ring (bicyclic) bond motifs is 2. The third-order valence-electron chi connectivity index (χ3n) is 8.83. The van der Waals surface area contributed by atoms with Crippen LogP contribution >= 0.6 is 0 Å². The summed E-state index contributed by atoms with van der Waals surface area (Å²) in [5.41, 5.74) is 1.92. The molecule has 1 saturated heterocycles. The molecule has 2 amide bonds. The number of piperidine rings is 1. The molecule has 3 aromatic carbocycles. The summed E-state index contributed by atoms with van der Waals surface area (Å²) in [5.74, 6) is -0.643. The SMILES string of the molecule is COC(=O)[C@]12C[C@H](CC(=O)NCc3ccccc3)C(=O)N(Cc3ccc4c(c3)OCO4)C1=C[C@H](COCc1ccccc1)O[C@@H]2C. The molecule has 10 heteroatoms. The van der Waals surface area contributed by atoms with E-state index in [1.165, 1.54) is 7.11 Å². The highest BCUT2D eigenvalue weighted by atomic mass is 16.7. The van der Waals surface area contributed by atoms with Crippen LogP contribution in [0.25, 0.3) is 0 Å². The second-order valence-corrected chi connectivity index (χ2v) is 11.8. The summed E-state index contributed by atoms with van der Waals surface area (Å²) in [5, 5.41) is 2.92. The smallest absolute Gasteiger partial charge is 0.320 e. The topological polar surface area (TPSA) is 113 Å². The van der Waals surface area contributed by atoms with Gasteiger partial charge in [0, 0.05) is 24.6 Å². The van der Waals surface area contributed by atoms with Crippen LogP contribution in [0.1, 0.15) is 36.5 Å². The highest BCUT2D eigenvalue weighted by Gasteiger charge is 2.59. The molecule has 0 unspecified atom stereocenters. The lowest BCUT2D eigenvalue weighted by atomic mass is 9.66. The van der Waals surface area contributed by atoms with Gasteiger partial charge in [-0.05, 0) is 48.2 Å². The van der Waals surface area contributed by atoms with Gasteiger partial charge in [-0.1, -0.05) is 66.7 Å². The summed E-state index contributed by atoms with van der Waals surface area (Å²) >= 11 is 0. The molecule has 3 aliphatic rings. The molecule has 0 spiro atoms. The lowest BCUT2D eigenvalue weighted by molar-refractivity contribution is -0.178. The molecule has 3 heterocycles. The molecule has 0 bridgehead atoms. The van der Waals surface area contributed by atoms with E-state index in [-0.39, 0.29) is 44.6 Å². The van der Waals surface area contributed by atoms with E-state index in [0.717, 1.165) is 16.7 Å². The molecule has 0 saturated carbocycles. The quantitative estimate of drug-likeness (QED) is 0.310. The van der Waals surface area contributed by atoms with Crippen molar-refractivity contribution >= 4 is 17.8 Å². The van der Waals surface area contributed by atoms with Crippen molar-refractivity contribution in [2.45, 2.75) is 51.7 Å². The van der Waals surface area contributed by atoms with Crippen molar-refractivity contribution < 1.29 is 38.1 Å². The fourth-order valence-electron chi connectivity index (χ4n) is 6.49. The van der Waals surface area contributed by atoms with Gasteiger partial charge in [-0.25, -0.2) is 0 Å². The average Bonchev–Trinajstić information content (AvgIpc) is 3.55. The lowest BCUT2D eigenvalue weighted by Crippen LogP contribution is -2.60. The maximum absolute atomic E-state index is 14.3. The Kier molecular flexibility index (Phi) is 9.37. The number of carbonyl (C=O) groups excluding carboxylic acids is 3. The summed E-state index contributed by atoms with van der Waals surface area (Å²) in [4.78, 5) is 42.9. The molecule has 10 nitrogen and oxygen atoms in total. The van der Waals surface area contributed by atoms with Crippen molar-refractivity contribution in [3.63, 3.8) is 0 Å². The Hall–Kier alpha value is -4.67. The number of amides is 2. The standard InChI is InChI=1S/C36H38N2O8/c1-24-36(35(41)42-2)18-28(16-33(39)37-19-25-9-5-3-6-10-25)34(40)38(20-27-13-14-30-31(15-27)45-23-44-30)32(36)17-29(46-24)22-43-21-26-11-7-4-8-12-26/h3-15,17,24,28-29H,16,18-23H2,1-2H3,(H,37,39)/t24-,28+,29-,36+/m1/s1. The van der Waals surface area contributed by atoms with E-state index >= 15 is 0 Å². The zero-order valence-corrected chi connectivity index (χ0v) is 26.0. The summed E-state index contributed by atoms with van der Waals surface area (Å²) in [6.45, 7) is 3.02. The van der Waals surface area contributed by atoms with Crippen LogP contribution < -0.4 is 14.8 Å². The number of ether oxygens (including phenoxy) is 5. The number of hydrogen-bond acceptors (Lipinski definition) is 8. The summed E-state index contributed by atoms with van der Waals surface area (Å²) < 4.78 is 28.8. The Morgan fingerprint density at radius 2 is 1.67 bits per heavy atom. The molecule has 240 valence electrons. The lowest BCUT2D eigenvalue weighted by Gasteiger charge is -2.51. The zero-order chi connectivity index (χ0) is 32.1. The van der Waals surface area contributed by atoms with E-state index in [2.05, 4.69) is 5.32 Å². The molecule has 0 radical (unpaired) electrons. The normalized spacial score (nSPS) is 23.3. The maximum Gasteiger partial charge on any atom is 0.320 e.